The zero-order valence-corrected chi connectivity index (χ0v) is 13.6. The Balaban J connectivity index is 1.55. The van der Waals surface area contributed by atoms with Gasteiger partial charge in [-0.3, -0.25) is 14.5 Å². The monoisotopic (exact) mass is 337 g/mol. The molecule has 24 heavy (non-hydrogen) atoms. The van der Waals surface area contributed by atoms with E-state index >= 15 is 0 Å². The molecule has 1 aromatic carbocycles. The van der Waals surface area contributed by atoms with Crippen molar-refractivity contribution in [3.05, 3.63) is 34.9 Å². The lowest BCUT2D eigenvalue weighted by Crippen LogP contribution is -2.51. The van der Waals surface area contributed by atoms with Gasteiger partial charge < -0.3 is 10.2 Å². The summed E-state index contributed by atoms with van der Waals surface area (Å²) in [5.74, 6) is -1.79. The van der Waals surface area contributed by atoms with Crippen LogP contribution in [0, 0.1) is 18.6 Å². The number of nitrogens with zero attached hydrogens (tertiary/aromatic N) is 2. The molecule has 1 heterocycles. The molecule has 2 amide bonds. The summed E-state index contributed by atoms with van der Waals surface area (Å²) in [6, 6.07) is 2.34. The Morgan fingerprint density at radius 1 is 1.12 bits per heavy atom. The van der Waals surface area contributed by atoms with Crippen molar-refractivity contribution in [1.29, 1.82) is 0 Å². The second-order valence-corrected chi connectivity index (χ2v) is 6.49. The highest BCUT2D eigenvalue weighted by atomic mass is 19.1. The average Bonchev–Trinajstić information content (AvgIpc) is 3.35. The van der Waals surface area contributed by atoms with Crippen LogP contribution in [0.4, 0.5) is 8.78 Å². The maximum Gasteiger partial charge on any atom is 0.257 e. The molecule has 130 valence electrons. The normalized spacial score (nSPS) is 18.5. The number of amides is 2. The summed E-state index contributed by atoms with van der Waals surface area (Å²) in [4.78, 5) is 27.6. The molecule has 1 aliphatic carbocycles. The molecule has 2 aliphatic rings. The molecule has 0 radical (unpaired) electrons. The van der Waals surface area contributed by atoms with E-state index in [1.807, 2.05) is 4.90 Å². The first-order chi connectivity index (χ1) is 11.4. The van der Waals surface area contributed by atoms with Crippen molar-refractivity contribution < 1.29 is 18.4 Å². The molecule has 5 nitrogen and oxygen atoms in total. The number of nitrogens with one attached hydrogen (secondary N) is 1. The molecule has 0 bridgehead atoms. The van der Waals surface area contributed by atoms with Crippen molar-refractivity contribution in [3.8, 4) is 0 Å². The van der Waals surface area contributed by atoms with E-state index in [0.29, 0.717) is 38.8 Å². The molecular formula is C17H21F2N3O2. The first-order valence-corrected chi connectivity index (χ1v) is 8.20. The third-order valence-corrected chi connectivity index (χ3v) is 4.45. The number of hydrogen-bond acceptors (Lipinski definition) is 3. The van der Waals surface area contributed by atoms with Gasteiger partial charge in [-0.1, -0.05) is 0 Å². The van der Waals surface area contributed by atoms with Crippen LogP contribution >= 0.6 is 0 Å². The number of rotatable bonds is 4. The van der Waals surface area contributed by atoms with E-state index in [1.165, 1.54) is 11.8 Å². The zero-order valence-electron chi connectivity index (χ0n) is 13.6. The molecule has 0 aromatic heterocycles. The van der Waals surface area contributed by atoms with Gasteiger partial charge in [-0.05, 0) is 37.5 Å². The lowest BCUT2D eigenvalue weighted by molar-refractivity contribution is -0.122. The van der Waals surface area contributed by atoms with Gasteiger partial charge >= 0.3 is 0 Å². The summed E-state index contributed by atoms with van der Waals surface area (Å²) in [5.41, 5.74) is -0.0615. The summed E-state index contributed by atoms with van der Waals surface area (Å²) >= 11 is 0. The number of aryl methyl sites for hydroxylation is 1. The summed E-state index contributed by atoms with van der Waals surface area (Å²) in [6.07, 6.45) is 2.10. The van der Waals surface area contributed by atoms with Crippen molar-refractivity contribution in [2.75, 3.05) is 32.7 Å². The Hall–Kier alpha value is -2.02. The number of halogens is 2. The van der Waals surface area contributed by atoms with Gasteiger partial charge in [-0.25, -0.2) is 8.78 Å². The van der Waals surface area contributed by atoms with Gasteiger partial charge in [0.15, 0.2) is 0 Å². The standard InChI is InChI=1S/C17H21F2N3O2/c1-11-8-15(19)13(9-14(11)18)17(24)22-6-4-21(5-7-22)10-16(23)20-12-2-3-12/h8-9,12H,2-7,10H2,1H3,(H,20,23). The summed E-state index contributed by atoms with van der Waals surface area (Å²) < 4.78 is 27.5. The Morgan fingerprint density at radius 3 is 2.42 bits per heavy atom. The second-order valence-electron chi connectivity index (χ2n) is 6.49. The molecule has 2 fully saturated rings. The third kappa shape index (κ3) is 3.90. The molecule has 0 spiro atoms. The Bertz CT molecular complexity index is 653. The van der Waals surface area contributed by atoms with Gasteiger partial charge in [0, 0.05) is 32.2 Å². The molecule has 1 saturated carbocycles. The minimum atomic E-state index is -0.704. The Morgan fingerprint density at radius 2 is 1.79 bits per heavy atom. The highest BCUT2D eigenvalue weighted by molar-refractivity contribution is 5.94. The van der Waals surface area contributed by atoms with Crippen molar-refractivity contribution in [2.24, 2.45) is 0 Å². The van der Waals surface area contributed by atoms with Gasteiger partial charge in [-0.2, -0.15) is 0 Å². The van der Waals surface area contributed by atoms with Gasteiger partial charge in [0.1, 0.15) is 11.6 Å². The number of benzene rings is 1. The highest BCUT2D eigenvalue weighted by Crippen LogP contribution is 2.19. The van der Waals surface area contributed by atoms with E-state index in [-0.39, 0.29) is 17.0 Å². The lowest BCUT2D eigenvalue weighted by atomic mass is 10.1. The van der Waals surface area contributed by atoms with Crippen LogP contribution in [0.3, 0.4) is 0 Å². The third-order valence-electron chi connectivity index (χ3n) is 4.45. The Kier molecular flexibility index (Phi) is 4.80. The fraction of sp³-hybridized carbons (Fsp3) is 0.529. The van der Waals surface area contributed by atoms with Crippen LogP contribution in [0.2, 0.25) is 0 Å². The number of hydrogen-bond donors (Lipinski definition) is 1. The zero-order chi connectivity index (χ0) is 17.3. The molecule has 0 unspecified atom stereocenters. The topological polar surface area (TPSA) is 52.7 Å². The molecule has 1 saturated heterocycles. The first kappa shape index (κ1) is 16.8. The lowest BCUT2D eigenvalue weighted by Gasteiger charge is -2.34. The maximum atomic E-state index is 13.9. The van der Waals surface area contributed by atoms with Crippen LogP contribution < -0.4 is 5.32 Å². The largest absolute Gasteiger partial charge is 0.352 e. The molecule has 1 N–H and O–H groups in total. The molecule has 7 heteroatoms. The quantitative estimate of drug-likeness (QED) is 0.901. The smallest absolute Gasteiger partial charge is 0.257 e. The number of carbonyl (C=O) groups is 2. The van der Waals surface area contributed by atoms with Gasteiger partial charge in [0.05, 0.1) is 12.1 Å². The van der Waals surface area contributed by atoms with Crippen LogP contribution in [0.1, 0.15) is 28.8 Å². The van der Waals surface area contributed by atoms with Crippen molar-refractivity contribution >= 4 is 11.8 Å². The van der Waals surface area contributed by atoms with Crippen molar-refractivity contribution in [3.63, 3.8) is 0 Å². The van der Waals surface area contributed by atoms with Gasteiger partial charge in [-0.15, -0.1) is 0 Å². The van der Waals surface area contributed by atoms with Crippen LogP contribution in [-0.4, -0.2) is 60.4 Å². The van der Waals surface area contributed by atoms with Gasteiger partial charge in [0.25, 0.3) is 5.91 Å². The fourth-order valence-electron chi connectivity index (χ4n) is 2.79. The number of carbonyl (C=O) groups excluding carboxylic acids is 2. The highest BCUT2D eigenvalue weighted by Gasteiger charge is 2.27. The van der Waals surface area contributed by atoms with Crippen LogP contribution in [0.5, 0.6) is 0 Å². The van der Waals surface area contributed by atoms with E-state index in [9.17, 15) is 18.4 Å². The molecular weight excluding hydrogens is 316 g/mol. The average molecular weight is 337 g/mol. The summed E-state index contributed by atoms with van der Waals surface area (Å²) in [5, 5.41) is 2.93. The maximum absolute atomic E-state index is 13.9. The van der Waals surface area contributed by atoms with Crippen LogP contribution in [-0.2, 0) is 4.79 Å². The van der Waals surface area contributed by atoms with E-state index in [1.54, 1.807) is 0 Å². The number of piperazine rings is 1. The molecule has 1 aliphatic heterocycles. The minimum absolute atomic E-state index is 0.00364. The van der Waals surface area contributed by atoms with Crippen LogP contribution in [0.15, 0.2) is 12.1 Å². The summed E-state index contributed by atoms with van der Waals surface area (Å²) in [7, 11) is 0. The second kappa shape index (κ2) is 6.84. The predicted molar refractivity (Wildman–Crippen MR) is 84.6 cm³/mol. The van der Waals surface area contributed by atoms with E-state index in [0.717, 1.165) is 25.0 Å². The van der Waals surface area contributed by atoms with E-state index in [2.05, 4.69) is 5.32 Å². The van der Waals surface area contributed by atoms with Crippen molar-refractivity contribution in [2.45, 2.75) is 25.8 Å². The fourth-order valence-corrected chi connectivity index (χ4v) is 2.79. The minimum Gasteiger partial charge on any atom is -0.352 e. The Labute approximate surface area is 139 Å². The molecule has 3 rings (SSSR count). The molecule has 1 aromatic rings. The van der Waals surface area contributed by atoms with E-state index < -0.39 is 17.5 Å². The van der Waals surface area contributed by atoms with Crippen molar-refractivity contribution in [1.82, 2.24) is 15.1 Å². The molecule has 0 atom stereocenters. The van der Waals surface area contributed by atoms with E-state index in [4.69, 9.17) is 0 Å². The predicted octanol–water partition coefficient (Wildman–Crippen LogP) is 1.31. The first-order valence-electron chi connectivity index (χ1n) is 8.20. The van der Waals surface area contributed by atoms with Crippen LogP contribution in [0.25, 0.3) is 0 Å². The SMILES string of the molecule is Cc1cc(F)c(C(=O)N2CCN(CC(=O)NC3CC3)CC2)cc1F. The van der Waals surface area contributed by atoms with Gasteiger partial charge in [0.2, 0.25) is 5.91 Å². The summed E-state index contributed by atoms with van der Waals surface area (Å²) in [6.45, 7) is 3.64.